The summed E-state index contributed by atoms with van der Waals surface area (Å²) < 4.78 is 1.75. The number of ketones is 1. The standard InChI is InChI=1S/C15H24ClN3O/c1-3-7-19-15(13(16)10-18-19)14(20)8-11(2)12-5-4-6-17-9-12/h10-12,17H,3-9H2,1-2H3. The Morgan fingerprint density at radius 3 is 3.10 bits per heavy atom. The molecule has 0 bridgehead atoms. The van der Waals surface area contributed by atoms with E-state index in [1.54, 1.807) is 10.9 Å². The van der Waals surface area contributed by atoms with Gasteiger partial charge in [0.25, 0.3) is 0 Å². The zero-order chi connectivity index (χ0) is 14.5. The Labute approximate surface area is 125 Å². The number of halogens is 1. The van der Waals surface area contributed by atoms with E-state index in [1.165, 1.54) is 12.8 Å². The molecule has 1 N–H and O–H groups in total. The van der Waals surface area contributed by atoms with Crippen LogP contribution in [0.5, 0.6) is 0 Å². The number of hydrogen-bond acceptors (Lipinski definition) is 3. The first-order valence-electron chi connectivity index (χ1n) is 7.58. The predicted octanol–water partition coefficient (Wildman–Crippen LogP) is 3.16. The van der Waals surface area contributed by atoms with Crippen LogP contribution in [0.4, 0.5) is 0 Å². The van der Waals surface area contributed by atoms with Crippen LogP contribution < -0.4 is 5.32 Å². The van der Waals surface area contributed by atoms with Gasteiger partial charge in [0.15, 0.2) is 5.78 Å². The van der Waals surface area contributed by atoms with Gasteiger partial charge in [-0.05, 0) is 44.2 Å². The normalized spacial score (nSPS) is 20.9. The highest BCUT2D eigenvalue weighted by molar-refractivity contribution is 6.33. The van der Waals surface area contributed by atoms with Gasteiger partial charge < -0.3 is 5.32 Å². The van der Waals surface area contributed by atoms with Crippen molar-refractivity contribution in [2.45, 2.75) is 46.1 Å². The first kappa shape index (κ1) is 15.5. The zero-order valence-electron chi connectivity index (χ0n) is 12.4. The van der Waals surface area contributed by atoms with Gasteiger partial charge in [-0.15, -0.1) is 0 Å². The molecule has 0 radical (unpaired) electrons. The van der Waals surface area contributed by atoms with Crippen molar-refractivity contribution < 1.29 is 4.79 Å². The van der Waals surface area contributed by atoms with E-state index in [2.05, 4.69) is 24.3 Å². The number of nitrogens with zero attached hydrogens (tertiary/aromatic N) is 2. The van der Waals surface area contributed by atoms with E-state index in [0.29, 0.717) is 29.0 Å². The Hall–Kier alpha value is -0.870. The molecular formula is C15H24ClN3O. The van der Waals surface area contributed by atoms with Gasteiger partial charge in [-0.1, -0.05) is 25.4 Å². The monoisotopic (exact) mass is 297 g/mol. The van der Waals surface area contributed by atoms with Crippen molar-refractivity contribution in [1.29, 1.82) is 0 Å². The largest absolute Gasteiger partial charge is 0.316 e. The van der Waals surface area contributed by atoms with Crippen molar-refractivity contribution in [3.8, 4) is 0 Å². The minimum absolute atomic E-state index is 0.124. The Kier molecular flexibility index (Phi) is 5.61. The van der Waals surface area contributed by atoms with Crippen LogP contribution in [0.2, 0.25) is 5.02 Å². The van der Waals surface area contributed by atoms with Crippen LogP contribution in [-0.4, -0.2) is 28.7 Å². The summed E-state index contributed by atoms with van der Waals surface area (Å²) in [6.45, 7) is 7.11. The van der Waals surface area contributed by atoms with Crippen molar-refractivity contribution in [3.63, 3.8) is 0 Å². The van der Waals surface area contributed by atoms with Gasteiger partial charge in [-0.3, -0.25) is 9.48 Å². The predicted molar refractivity (Wildman–Crippen MR) is 81.2 cm³/mol. The highest BCUT2D eigenvalue weighted by Crippen LogP contribution is 2.26. The minimum Gasteiger partial charge on any atom is -0.316 e. The van der Waals surface area contributed by atoms with Crippen molar-refractivity contribution in [2.75, 3.05) is 13.1 Å². The molecule has 0 aliphatic carbocycles. The molecule has 1 aliphatic rings. The molecule has 0 saturated carbocycles. The average molecular weight is 298 g/mol. The smallest absolute Gasteiger partial charge is 0.182 e. The fraction of sp³-hybridized carbons (Fsp3) is 0.733. The van der Waals surface area contributed by atoms with Crippen molar-refractivity contribution in [3.05, 3.63) is 16.9 Å². The third kappa shape index (κ3) is 3.61. The van der Waals surface area contributed by atoms with Gasteiger partial charge in [0.1, 0.15) is 5.69 Å². The molecule has 20 heavy (non-hydrogen) atoms. The number of aromatic nitrogens is 2. The summed E-state index contributed by atoms with van der Waals surface area (Å²) in [4.78, 5) is 12.5. The van der Waals surface area contributed by atoms with E-state index < -0.39 is 0 Å². The number of carbonyl (C=O) groups is 1. The third-order valence-electron chi connectivity index (χ3n) is 4.14. The molecule has 1 aliphatic heterocycles. The molecule has 2 heterocycles. The van der Waals surface area contributed by atoms with Crippen LogP contribution in [0.3, 0.4) is 0 Å². The summed E-state index contributed by atoms with van der Waals surface area (Å²) in [5.74, 6) is 1.10. The summed E-state index contributed by atoms with van der Waals surface area (Å²) in [7, 11) is 0. The fourth-order valence-corrected chi connectivity index (χ4v) is 3.19. The quantitative estimate of drug-likeness (QED) is 0.821. The van der Waals surface area contributed by atoms with E-state index in [0.717, 1.165) is 26.1 Å². The van der Waals surface area contributed by atoms with Gasteiger partial charge in [0.2, 0.25) is 0 Å². The van der Waals surface area contributed by atoms with Crippen LogP contribution in [0.25, 0.3) is 0 Å². The van der Waals surface area contributed by atoms with Gasteiger partial charge in [-0.25, -0.2) is 0 Å². The van der Waals surface area contributed by atoms with Gasteiger partial charge in [0, 0.05) is 13.0 Å². The van der Waals surface area contributed by atoms with Gasteiger partial charge in [-0.2, -0.15) is 5.10 Å². The van der Waals surface area contributed by atoms with Crippen molar-refractivity contribution >= 4 is 17.4 Å². The van der Waals surface area contributed by atoms with Crippen LogP contribution in [0.1, 0.15) is 50.0 Å². The summed E-state index contributed by atoms with van der Waals surface area (Å²) in [6.07, 6.45) is 5.50. The number of hydrogen-bond donors (Lipinski definition) is 1. The molecule has 1 saturated heterocycles. The highest BCUT2D eigenvalue weighted by atomic mass is 35.5. The first-order valence-corrected chi connectivity index (χ1v) is 7.96. The minimum atomic E-state index is 0.124. The number of aryl methyl sites for hydroxylation is 1. The summed E-state index contributed by atoms with van der Waals surface area (Å²) in [6, 6.07) is 0. The number of piperidine rings is 1. The van der Waals surface area contributed by atoms with Crippen LogP contribution in [0.15, 0.2) is 6.20 Å². The number of rotatable bonds is 6. The molecule has 2 atom stereocenters. The summed E-state index contributed by atoms with van der Waals surface area (Å²) >= 11 is 6.13. The van der Waals surface area contributed by atoms with Crippen LogP contribution in [-0.2, 0) is 6.54 Å². The maximum absolute atomic E-state index is 12.5. The van der Waals surface area contributed by atoms with E-state index >= 15 is 0 Å². The lowest BCUT2D eigenvalue weighted by Gasteiger charge is -2.28. The zero-order valence-corrected chi connectivity index (χ0v) is 13.1. The summed E-state index contributed by atoms with van der Waals surface area (Å²) in [5.41, 5.74) is 0.587. The molecule has 2 rings (SSSR count). The molecule has 5 heteroatoms. The number of nitrogens with one attached hydrogen (secondary N) is 1. The Morgan fingerprint density at radius 2 is 2.45 bits per heavy atom. The topological polar surface area (TPSA) is 46.9 Å². The Balaban J connectivity index is 2.02. The molecule has 2 unspecified atom stereocenters. The lowest BCUT2D eigenvalue weighted by Crippen LogP contribution is -2.34. The number of Topliss-reactive ketones (excluding diaryl/α,β-unsaturated/α-hetero) is 1. The van der Waals surface area contributed by atoms with E-state index in [4.69, 9.17) is 11.6 Å². The Morgan fingerprint density at radius 1 is 1.65 bits per heavy atom. The third-order valence-corrected chi connectivity index (χ3v) is 4.42. The average Bonchev–Trinajstić information content (AvgIpc) is 2.81. The molecule has 0 spiro atoms. The number of carbonyl (C=O) groups excluding carboxylic acids is 1. The molecular weight excluding hydrogens is 274 g/mol. The van der Waals surface area contributed by atoms with Gasteiger partial charge in [0.05, 0.1) is 11.2 Å². The molecule has 0 amide bonds. The second kappa shape index (κ2) is 7.23. The summed E-state index contributed by atoms with van der Waals surface area (Å²) in [5, 5.41) is 8.09. The molecule has 1 aromatic heterocycles. The van der Waals surface area contributed by atoms with E-state index in [9.17, 15) is 4.79 Å². The van der Waals surface area contributed by atoms with E-state index in [-0.39, 0.29) is 5.78 Å². The maximum Gasteiger partial charge on any atom is 0.182 e. The van der Waals surface area contributed by atoms with Gasteiger partial charge >= 0.3 is 0 Å². The maximum atomic E-state index is 12.5. The highest BCUT2D eigenvalue weighted by Gasteiger charge is 2.25. The molecule has 0 aromatic carbocycles. The fourth-order valence-electron chi connectivity index (χ4n) is 2.94. The second-order valence-corrected chi connectivity index (χ2v) is 6.18. The lowest BCUT2D eigenvalue weighted by atomic mass is 9.84. The molecule has 112 valence electrons. The second-order valence-electron chi connectivity index (χ2n) is 5.78. The molecule has 4 nitrogen and oxygen atoms in total. The SMILES string of the molecule is CCCn1ncc(Cl)c1C(=O)CC(C)C1CCCNC1. The first-order chi connectivity index (χ1) is 9.63. The Bertz CT molecular complexity index is 452. The van der Waals surface area contributed by atoms with Crippen LogP contribution >= 0.6 is 11.6 Å². The molecule has 1 aromatic rings. The molecule has 1 fully saturated rings. The van der Waals surface area contributed by atoms with Crippen LogP contribution in [0, 0.1) is 11.8 Å². The lowest BCUT2D eigenvalue weighted by molar-refractivity contribution is 0.0932. The van der Waals surface area contributed by atoms with E-state index in [1.807, 2.05) is 0 Å². The van der Waals surface area contributed by atoms with Crippen molar-refractivity contribution in [1.82, 2.24) is 15.1 Å². The van der Waals surface area contributed by atoms with Crippen molar-refractivity contribution in [2.24, 2.45) is 11.8 Å².